The Morgan fingerprint density at radius 3 is 2.25 bits per heavy atom. The number of nitrogens with two attached hydrogens (primary N) is 1. The molecule has 3 nitrogen and oxygen atoms in total. The molecular weight excluding hydrogens is 302 g/mol. The Morgan fingerprint density at radius 1 is 1.30 bits per heavy atom. The summed E-state index contributed by atoms with van der Waals surface area (Å²) in [5, 5.41) is 9.58. The van der Waals surface area contributed by atoms with Crippen molar-refractivity contribution in [2.45, 2.75) is 38.3 Å². The van der Waals surface area contributed by atoms with E-state index in [4.69, 9.17) is 5.73 Å². The number of aliphatic hydroxyl groups is 1. The van der Waals surface area contributed by atoms with Crippen LogP contribution in [-0.2, 0) is 0 Å². The van der Waals surface area contributed by atoms with Crippen molar-refractivity contribution in [2.75, 3.05) is 0 Å². The van der Waals surface area contributed by atoms with Crippen molar-refractivity contribution in [3.05, 3.63) is 29.6 Å². The Labute approximate surface area is 120 Å². The highest BCUT2D eigenvalue weighted by molar-refractivity contribution is 5.85. The van der Waals surface area contributed by atoms with Gasteiger partial charge in [0.2, 0.25) is 0 Å². The third-order valence-corrected chi connectivity index (χ3v) is 2.33. The van der Waals surface area contributed by atoms with E-state index in [2.05, 4.69) is 4.74 Å². The molecule has 1 unspecified atom stereocenters. The van der Waals surface area contributed by atoms with E-state index >= 15 is 0 Å². The van der Waals surface area contributed by atoms with Gasteiger partial charge in [0.25, 0.3) is 0 Å². The third kappa shape index (κ3) is 6.40. The minimum atomic E-state index is -4.95. The quantitative estimate of drug-likeness (QED) is 0.838. The van der Waals surface area contributed by atoms with Crippen LogP contribution < -0.4 is 10.5 Å². The molecule has 0 saturated heterocycles. The van der Waals surface area contributed by atoms with Gasteiger partial charge in [0.1, 0.15) is 0 Å². The van der Waals surface area contributed by atoms with Gasteiger partial charge in [-0.25, -0.2) is 4.39 Å². The van der Waals surface area contributed by atoms with Gasteiger partial charge in [-0.15, -0.1) is 25.6 Å². The van der Waals surface area contributed by atoms with Crippen molar-refractivity contribution in [1.29, 1.82) is 0 Å². The minimum absolute atomic E-state index is 0. The lowest BCUT2D eigenvalue weighted by Crippen LogP contribution is -2.26. The molecular formula is C12H16ClF4NO2. The van der Waals surface area contributed by atoms with E-state index in [1.807, 2.05) is 0 Å². The average molecular weight is 318 g/mol. The molecule has 1 aromatic rings. The number of halogens is 5. The molecule has 116 valence electrons. The standard InChI is InChI=1S/C12H15F4NO2.ClH/c1-11(2,18)6-9(17)7-3-4-10(8(13)5-7)19-12(14,15)16;/h3-5,9,18H,6,17H2,1-2H3;1H. The van der Waals surface area contributed by atoms with Crippen LogP contribution in [0.5, 0.6) is 5.75 Å². The molecule has 0 aliphatic carbocycles. The van der Waals surface area contributed by atoms with Crippen LogP contribution in [0.3, 0.4) is 0 Å². The van der Waals surface area contributed by atoms with Crippen molar-refractivity contribution in [1.82, 2.24) is 0 Å². The van der Waals surface area contributed by atoms with Crippen LogP contribution in [-0.4, -0.2) is 17.1 Å². The highest BCUT2D eigenvalue weighted by Gasteiger charge is 2.32. The summed E-state index contributed by atoms with van der Waals surface area (Å²) in [6.07, 6.45) is -4.80. The van der Waals surface area contributed by atoms with Crippen molar-refractivity contribution < 1.29 is 27.4 Å². The first-order valence-electron chi connectivity index (χ1n) is 5.51. The molecule has 1 rings (SSSR count). The van der Waals surface area contributed by atoms with Crippen molar-refractivity contribution in [2.24, 2.45) is 5.73 Å². The number of benzene rings is 1. The van der Waals surface area contributed by atoms with Gasteiger partial charge < -0.3 is 15.6 Å². The first-order valence-corrected chi connectivity index (χ1v) is 5.51. The third-order valence-electron chi connectivity index (χ3n) is 2.33. The van der Waals surface area contributed by atoms with E-state index in [-0.39, 0.29) is 24.4 Å². The van der Waals surface area contributed by atoms with E-state index in [1.54, 1.807) is 0 Å². The number of rotatable bonds is 4. The van der Waals surface area contributed by atoms with Crippen LogP contribution in [0.15, 0.2) is 18.2 Å². The molecule has 0 spiro atoms. The maximum atomic E-state index is 13.4. The molecule has 1 atom stereocenters. The molecule has 0 saturated carbocycles. The molecule has 1 aromatic carbocycles. The van der Waals surface area contributed by atoms with E-state index in [0.29, 0.717) is 0 Å². The van der Waals surface area contributed by atoms with Gasteiger partial charge in [-0.05, 0) is 38.0 Å². The second-order valence-electron chi connectivity index (χ2n) is 4.86. The van der Waals surface area contributed by atoms with Crippen LogP contribution in [0.4, 0.5) is 17.6 Å². The summed E-state index contributed by atoms with van der Waals surface area (Å²) in [5.74, 6) is -2.06. The molecule has 0 aliphatic rings. The summed E-state index contributed by atoms with van der Waals surface area (Å²) in [7, 11) is 0. The molecule has 0 heterocycles. The predicted octanol–water partition coefficient (Wildman–Crippen LogP) is 3.31. The van der Waals surface area contributed by atoms with Crippen molar-refractivity contribution >= 4 is 12.4 Å². The maximum Gasteiger partial charge on any atom is 0.573 e. The number of hydrogen-bond donors (Lipinski definition) is 2. The fourth-order valence-electron chi connectivity index (χ4n) is 1.61. The van der Waals surface area contributed by atoms with Crippen LogP contribution in [0.2, 0.25) is 0 Å². The zero-order valence-corrected chi connectivity index (χ0v) is 11.7. The first kappa shape index (κ1) is 18.9. The monoisotopic (exact) mass is 317 g/mol. The maximum absolute atomic E-state index is 13.4. The summed E-state index contributed by atoms with van der Waals surface area (Å²) >= 11 is 0. The summed E-state index contributed by atoms with van der Waals surface area (Å²) in [6.45, 7) is 3.06. The van der Waals surface area contributed by atoms with Crippen LogP contribution in [0, 0.1) is 5.82 Å². The van der Waals surface area contributed by atoms with Crippen LogP contribution in [0.1, 0.15) is 31.9 Å². The predicted molar refractivity (Wildman–Crippen MR) is 68.2 cm³/mol. The number of ether oxygens (including phenoxy) is 1. The van der Waals surface area contributed by atoms with E-state index in [9.17, 15) is 22.7 Å². The molecule has 0 aliphatic heterocycles. The highest BCUT2D eigenvalue weighted by Crippen LogP contribution is 2.29. The normalized spacial score (nSPS) is 13.6. The lowest BCUT2D eigenvalue weighted by Gasteiger charge is -2.22. The van der Waals surface area contributed by atoms with Crippen molar-refractivity contribution in [3.63, 3.8) is 0 Å². The molecule has 0 amide bonds. The zero-order valence-electron chi connectivity index (χ0n) is 10.9. The van der Waals surface area contributed by atoms with Gasteiger partial charge in [-0.1, -0.05) is 6.07 Å². The Hall–Kier alpha value is -1.05. The Bertz CT molecular complexity index is 446. The van der Waals surface area contributed by atoms with E-state index in [0.717, 1.165) is 12.1 Å². The SMILES string of the molecule is CC(C)(O)CC(N)c1ccc(OC(F)(F)F)c(F)c1.Cl. The largest absolute Gasteiger partial charge is 0.573 e. The molecule has 0 bridgehead atoms. The summed E-state index contributed by atoms with van der Waals surface area (Å²) in [6, 6.07) is 2.29. The van der Waals surface area contributed by atoms with E-state index < -0.39 is 29.6 Å². The number of alkyl halides is 3. The Morgan fingerprint density at radius 2 is 1.85 bits per heavy atom. The second kappa shape index (κ2) is 6.60. The zero-order chi connectivity index (χ0) is 14.8. The van der Waals surface area contributed by atoms with Crippen LogP contribution >= 0.6 is 12.4 Å². The van der Waals surface area contributed by atoms with Crippen LogP contribution in [0.25, 0.3) is 0 Å². The van der Waals surface area contributed by atoms with Gasteiger partial charge in [-0.2, -0.15) is 0 Å². The molecule has 0 radical (unpaired) electrons. The number of hydrogen-bond acceptors (Lipinski definition) is 3. The Kier molecular flexibility index (Phi) is 6.25. The fraction of sp³-hybridized carbons (Fsp3) is 0.500. The molecule has 0 aromatic heterocycles. The lowest BCUT2D eigenvalue weighted by atomic mass is 9.94. The second-order valence-corrected chi connectivity index (χ2v) is 4.86. The summed E-state index contributed by atoms with van der Waals surface area (Å²) in [4.78, 5) is 0. The smallest absolute Gasteiger partial charge is 0.403 e. The summed E-state index contributed by atoms with van der Waals surface area (Å²) in [5.41, 5.74) is 4.97. The lowest BCUT2D eigenvalue weighted by molar-refractivity contribution is -0.275. The van der Waals surface area contributed by atoms with Gasteiger partial charge >= 0.3 is 6.36 Å². The fourth-order valence-corrected chi connectivity index (χ4v) is 1.61. The van der Waals surface area contributed by atoms with Gasteiger partial charge in [-0.3, -0.25) is 0 Å². The highest BCUT2D eigenvalue weighted by atomic mass is 35.5. The topological polar surface area (TPSA) is 55.5 Å². The minimum Gasteiger partial charge on any atom is -0.403 e. The van der Waals surface area contributed by atoms with E-state index in [1.165, 1.54) is 19.9 Å². The molecule has 3 N–H and O–H groups in total. The van der Waals surface area contributed by atoms with Gasteiger partial charge in [0.15, 0.2) is 11.6 Å². The summed E-state index contributed by atoms with van der Waals surface area (Å²) < 4.78 is 52.8. The van der Waals surface area contributed by atoms with Gasteiger partial charge in [0.05, 0.1) is 5.60 Å². The first-order chi connectivity index (χ1) is 8.48. The Balaban J connectivity index is 0.00000361. The molecule has 0 fully saturated rings. The molecule has 8 heteroatoms. The molecule has 20 heavy (non-hydrogen) atoms. The van der Waals surface area contributed by atoms with Crippen molar-refractivity contribution in [3.8, 4) is 5.75 Å². The van der Waals surface area contributed by atoms with Gasteiger partial charge in [0, 0.05) is 6.04 Å². The average Bonchev–Trinajstić information content (AvgIpc) is 2.16.